The van der Waals surface area contributed by atoms with E-state index in [0.29, 0.717) is 12.3 Å². The number of ether oxygens (including phenoxy) is 1. The Morgan fingerprint density at radius 1 is 1.47 bits per heavy atom. The summed E-state index contributed by atoms with van der Waals surface area (Å²) in [7, 11) is 1.60. The van der Waals surface area contributed by atoms with E-state index in [1.165, 1.54) is 0 Å². The van der Waals surface area contributed by atoms with Gasteiger partial charge in [0, 0.05) is 13.7 Å². The van der Waals surface area contributed by atoms with E-state index in [9.17, 15) is 4.79 Å². The number of aromatic nitrogens is 3. The highest BCUT2D eigenvalue weighted by atomic mass is 16.5. The van der Waals surface area contributed by atoms with Gasteiger partial charge < -0.3 is 4.74 Å². The Morgan fingerprint density at radius 3 is 2.87 bits per heavy atom. The minimum atomic E-state index is 0.382. The van der Waals surface area contributed by atoms with E-state index >= 15 is 0 Å². The van der Waals surface area contributed by atoms with Crippen LogP contribution < -0.4 is 0 Å². The summed E-state index contributed by atoms with van der Waals surface area (Å²) in [5.41, 5.74) is 1.15. The molecule has 1 aromatic heterocycles. The van der Waals surface area contributed by atoms with Crippen molar-refractivity contribution in [3.8, 4) is 0 Å². The van der Waals surface area contributed by atoms with Crippen LogP contribution in [0.3, 0.4) is 0 Å². The molecule has 1 rings (SSSR count). The molecule has 15 heavy (non-hydrogen) atoms. The lowest BCUT2D eigenvalue weighted by molar-refractivity contribution is 0.111. The number of hydrogen-bond donors (Lipinski definition) is 0. The molecule has 0 unspecified atom stereocenters. The number of aldehydes is 1. The molecule has 0 aliphatic carbocycles. The fraction of sp³-hybridized carbons (Fsp3) is 0.700. The first-order valence-corrected chi connectivity index (χ1v) is 5.20. The number of carbonyl (C=O) groups is 1. The number of nitrogens with zero attached hydrogens (tertiary/aromatic N) is 3. The molecule has 0 amide bonds. The normalized spacial score (nSPS) is 10.5. The summed E-state index contributed by atoms with van der Waals surface area (Å²) in [6.07, 6.45) is 4.09. The van der Waals surface area contributed by atoms with Crippen molar-refractivity contribution < 1.29 is 9.53 Å². The summed E-state index contributed by atoms with van der Waals surface area (Å²) >= 11 is 0. The molecule has 0 radical (unpaired) electrons. The van der Waals surface area contributed by atoms with E-state index in [0.717, 1.165) is 37.8 Å². The first kappa shape index (κ1) is 11.8. The summed E-state index contributed by atoms with van der Waals surface area (Å²) in [5, 5.41) is 7.73. The summed E-state index contributed by atoms with van der Waals surface area (Å²) in [6, 6.07) is 0. The molecular formula is C10H17N3O2. The SMILES string of the molecule is CCCCCn1nnc(C=O)c1COC. The van der Waals surface area contributed by atoms with Crippen molar-refractivity contribution in [1.82, 2.24) is 15.0 Å². The third kappa shape index (κ3) is 3.13. The predicted molar refractivity (Wildman–Crippen MR) is 55.6 cm³/mol. The second-order valence-electron chi connectivity index (χ2n) is 3.40. The number of carbonyl (C=O) groups excluding carboxylic acids is 1. The summed E-state index contributed by atoms with van der Waals surface area (Å²) in [5.74, 6) is 0. The Hall–Kier alpha value is -1.23. The van der Waals surface area contributed by atoms with E-state index in [2.05, 4.69) is 17.2 Å². The van der Waals surface area contributed by atoms with Crippen molar-refractivity contribution in [2.24, 2.45) is 0 Å². The van der Waals surface area contributed by atoms with Gasteiger partial charge in [-0.25, -0.2) is 4.68 Å². The molecule has 0 bridgehead atoms. The quantitative estimate of drug-likeness (QED) is 0.505. The zero-order valence-corrected chi connectivity index (χ0v) is 9.27. The van der Waals surface area contributed by atoms with E-state index in [1.54, 1.807) is 11.8 Å². The van der Waals surface area contributed by atoms with Crippen LogP contribution in [0.25, 0.3) is 0 Å². The smallest absolute Gasteiger partial charge is 0.172 e. The van der Waals surface area contributed by atoms with Gasteiger partial charge in [0.15, 0.2) is 12.0 Å². The minimum Gasteiger partial charge on any atom is -0.378 e. The molecule has 1 heterocycles. The van der Waals surface area contributed by atoms with Gasteiger partial charge in [0.05, 0.1) is 12.3 Å². The van der Waals surface area contributed by atoms with Crippen molar-refractivity contribution in [3.63, 3.8) is 0 Å². The number of rotatable bonds is 7. The predicted octanol–water partition coefficient (Wildman–Crippen LogP) is 1.43. The monoisotopic (exact) mass is 211 g/mol. The fourth-order valence-electron chi connectivity index (χ4n) is 1.41. The maximum absolute atomic E-state index is 10.7. The van der Waals surface area contributed by atoms with Crippen molar-refractivity contribution in [3.05, 3.63) is 11.4 Å². The fourth-order valence-corrected chi connectivity index (χ4v) is 1.41. The maximum atomic E-state index is 10.7. The molecule has 0 saturated heterocycles. The molecule has 5 nitrogen and oxygen atoms in total. The minimum absolute atomic E-state index is 0.382. The topological polar surface area (TPSA) is 57.0 Å². The van der Waals surface area contributed by atoms with Crippen LogP contribution in [-0.4, -0.2) is 28.4 Å². The molecule has 0 aromatic carbocycles. The van der Waals surface area contributed by atoms with E-state index in [-0.39, 0.29) is 0 Å². The number of unbranched alkanes of at least 4 members (excludes halogenated alkanes) is 2. The largest absolute Gasteiger partial charge is 0.378 e. The lowest BCUT2D eigenvalue weighted by atomic mass is 10.2. The molecule has 84 valence electrons. The molecule has 0 spiro atoms. The first-order chi connectivity index (χ1) is 7.33. The van der Waals surface area contributed by atoms with Crippen LogP contribution in [0.5, 0.6) is 0 Å². The van der Waals surface area contributed by atoms with Crippen LogP contribution >= 0.6 is 0 Å². The summed E-state index contributed by atoms with van der Waals surface area (Å²) in [6.45, 7) is 3.33. The highest BCUT2D eigenvalue weighted by Gasteiger charge is 2.11. The van der Waals surface area contributed by atoms with Gasteiger partial charge in [-0.3, -0.25) is 4.79 Å². The number of hydrogen-bond acceptors (Lipinski definition) is 4. The highest BCUT2D eigenvalue weighted by Crippen LogP contribution is 2.07. The standard InChI is InChI=1S/C10H17N3O2/c1-3-4-5-6-13-10(8-15-2)9(7-14)11-12-13/h7H,3-6,8H2,1-2H3. The molecule has 5 heteroatoms. The van der Waals surface area contributed by atoms with Gasteiger partial charge in [0.2, 0.25) is 0 Å². The molecule has 0 fully saturated rings. The van der Waals surface area contributed by atoms with Gasteiger partial charge in [-0.2, -0.15) is 0 Å². The van der Waals surface area contributed by atoms with Gasteiger partial charge >= 0.3 is 0 Å². The van der Waals surface area contributed by atoms with Crippen LogP contribution in [0.4, 0.5) is 0 Å². The summed E-state index contributed by atoms with van der Waals surface area (Å²) < 4.78 is 6.77. The Kier molecular flexibility index (Phi) is 4.97. The van der Waals surface area contributed by atoms with Gasteiger partial charge in [-0.15, -0.1) is 5.10 Å². The van der Waals surface area contributed by atoms with Crippen LogP contribution in [0.2, 0.25) is 0 Å². The average Bonchev–Trinajstić information content (AvgIpc) is 2.62. The highest BCUT2D eigenvalue weighted by molar-refractivity contribution is 5.73. The second-order valence-corrected chi connectivity index (χ2v) is 3.40. The van der Waals surface area contributed by atoms with Gasteiger partial charge in [-0.1, -0.05) is 25.0 Å². The molecule has 0 aliphatic rings. The summed E-state index contributed by atoms with van der Waals surface area (Å²) in [4.78, 5) is 10.7. The third-order valence-corrected chi connectivity index (χ3v) is 2.23. The third-order valence-electron chi connectivity index (χ3n) is 2.23. The van der Waals surface area contributed by atoms with Gasteiger partial charge in [0.25, 0.3) is 0 Å². The van der Waals surface area contributed by atoms with Crippen LogP contribution in [0, 0.1) is 0 Å². The Labute approximate surface area is 89.4 Å². The van der Waals surface area contributed by atoms with Gasteiger partial charge in [0.1, 0.15) is 0 Å². The van der Waals surface area contributed by atoms with Crippen molar-refractivity contribution >= 4 is 6.29 Å². The van der Waals surface area contributed by atoms with Crippen molar-refractivity contribution in [2.75, 3.05) is 7.11 Å². The molecule has 0 aliphatic heterocycles. The average molecular weight is 211 g/mol. The lowest BCUT2D eigenvalue weighted by Gasteiger charge is -2.04. The Balaban J connectivity index is 2.68. The molecule has 1 aromatic rings. The number of methoxy groups -OCH3 is 1. The first-order valence-electron chi connectivity index (χ1n) is 5.20. The second kappa shape index (κ2) is 6.29. The maximum Gasteiger partial charge on any atom is 0.172 e. The molecule has 0 atom stereocenters. The van der Waals surface area contributed by atoms with Crippen molar-refractivity contribution in [2.45, 2.75) is 39.3 Å². The van der Waals surface area contributed by atoms with Crippen LogP contribution in [0.1, 0.15) is 42.4 Å². The van der Waals surface area contributed by atoms with Crippen LogP contribution in [0.15, 0.2) is 0 Å². The Bertz CT molecular complexity index is 310. The molecular weight excluding hydrogens is 194 g/mol. The Morgan fingerprint density at radius 2 is 2.27 bits per heavy atom. The van der Waals surface area contributed by atoms with Crippen LogP contribution in [-0.2, 0) is 17.9 Å². The van der Waals surface area contributed by atoms with E-state index in [4.69, 9.17) is 4.74 Å². The number of aryl methyl sites for hydroxylation is 1. The molecule has 0 saturated carbocycles. The van der Waals surface area contributed by atoms with E-state index < -0.39 is 0 Å². The van der Waals surface area contributed by atoms with Gasteiger partial charge in [-0.05, 0) is 6.42 Å². The molecule has 0 N–H and O–H groups in total. The lowest BCUT2D eigenvalue weighted by Crippen LogP contribution is -2.07. The zero-order valence-electron chi connectivity index (χ0n) is 9.27. The zero-order chi connectivity index (χ0) is 11.1. The van der Waals surface area contributed by atoms with Crippen molar-refractivity contribution in [1.29, 1.82) is 0 Å². The van der Waals surface area contributed by atoms with E-state index in [1.807, 2.05) is 0 Å².